The molecule has 0 aliphatic heterocycles. The maximum absolute atomic E-state index is 10.6. The number of hydrogen-bond acceptors (Lipinski definition) is 3. The normalized spacial score (nSPS) is 11.2. The summed E-state index contributed by atoms with van der Waals surface area (Å²) in [6, 6.07) is 23.7. The number of anilines is 2. The van der Waals surface area contributed by atoms with Crippen LogP contribution in [0, 0.1) is 0 Å². The van der Waals surface area contributed by atoms with Crippen molar-refractivity contribution in [3.05, 3.63) is 84.4 Å². The van der Waals surface area contributed by atoms with E-state index in [-0.39, 0.29) is 0 Å². The van der Waals surface area contributed by atoms with Crippen LogP contribution < -0.4 is 5.32 Å². The predicted octanol–water partition coefficient (Wildman–Crippen LogP) is 5.23. The van der Waals surface area contributed by atoms with Crippen molar-refractivity contribution in [1.82, 2.24) is 4.98 Å². The van der Waals surface area contributed by atoms with E-state index in [2.05, 4.69) is 17.4 Å². The molecule has 1 aromatic heterocycles. The molecule has 126 valence electrons. The van der Waals surface area contributed by atoms with Crippen LogP contribution in [0.1, 0.15) is 5.56 Å². The highest BCUT2D eigenvalue weighted by molar-refractivity contribution is 6.08. The first-order valence-electron chi connectivity index (χ1n) is 8.26. The van der Waals surface area contributed by atoms with Gasteiger partial charge in [0.15, 0.2) is 0 Å². The van der Waals surface area contributed by atoms with E-state index in [1.807, 2.05) is 60.7 Å². The fourth-order valence-electron chi connectivity index (χ4n) is 2.96. The van der Waals surface area contributed by atoms with Crippen molar-refractivity contribution >= 4 is 45.2 Å². The van der Waals surface area contributed by atoms with Crippen molar-refractivity contribution < 1.29 is 9.90 Å². The molecule has 0 aliphatic rings. The van der Waals surface area contributed by atoms with E-state index in [1.54, 1.807) is 6.08 Å². The van der Waals surface area contributed by atoms with Crippen LogP contribution in [0.3, 0.4) is 0 Å². The van der Waals surface area contributed by atoms with Gasteiger partial charge in [-0.05, 0) is 35.9 Å². The second-order valence-electron chi connectivity index (χ2n) is 5.94. The summed E-state index contributed by atoms with van der Waals surface area (Å²) in [6.45, 7) is 0. The minimum Gasteiger partial charge on any atom is -0.478 e. The van der Waals surface area contributed by atoms with Gasteiger partial charge in [-0.25, -0.2) is 9.78 Å². The lowest BCUT2D eigenvalue weighted by molar-refractivity contribution is -0.131. The first kappa shape index (κ1) is 15.8. The van der Waals surface area contributed by atoms with E-state index in [0.29, 0.717) is 0 Å². The smallest absolute Gasteiger partial charge is 0.328 e. The summed E-state index contributed by atoms with van der Waals surface area (Å²) >= 11 is 0. The van der Waals surface area contributed by atoms with Crippen LogP contribution >= 0.6 is 0 Å². The average molecular weight is 340 g/mol. The third kappa shape index (κ3) is 3.13. The number of carbonyl (C=O) groups is 1. The van der Waals surface area contributed by atoms with Crippen molar-refractivity contribution in [3.63, 3.8) is 0 Å². The second kappa shape index (κ2) is 6.69. The number of fused-ring (bicyclic) bond motifs is 2. The van der Waals surface area contributed by atoms with Crippen molar-refractivity contribution in [1.29, 1.82) is 0 Å². The number of carboxylic acid groups (broad SMARTS) is 1. The highest BCUT2D eigenvalue weighted by Crippen LogP contribution is 2.32. The Morgan fingerprint density at radius 2 is 1.42 bits per heavy atom. The Morgan fingerprint density at radius 3 is 2.00 bits per heavy atom. The van der Waals surface area contributed by atoms with Gasteiger partial charge >= 0.3 is 5.97 Å². The van der Waals surface area contributed by atoms with E-state index >= 15 is 0 Å². The van der Waals surface area contributed by atoms with Gasteiger partial charge < -0.3 is 10.4 Å². The molecule has 0 spiro atoms. The quantitative estimate of drug-likeness (QED) is 0.394. The zero-order valence-electron chi connectivity index (χ0n) is 13.9. The number of carboxylic acids is 1. The molecule has 0 saturated carbocycles. The summed E-state index contributed by atoms with van der Waals surface area (Å²) in [5.41, 5.74) is 4.66. The zero-order valence-corrected chi connectivity index (χ0v) is 13.9. The lowest BCUT2D eigenvalue weighted by Crippen LogP contribution is -1.95. The van der Waals surface area contributed by atoms with Crippen LogP contribution in [0.4, 0.5) is 11.4 Å². The Kier molecular flexibility index (Phi) is 4.07. The zero-order chi connectivity index (χ0) is 17.9. The molecule has 26 heavy (non-hydrogen) atoms. The first-order chi connectivity index (χ1) is 12.7. The minimum atomic E-state index is -0.957. The molecule has 0 bridgehead atoms. The largest absolute Gasteiger partial charge is 0.478 e. The number of aliphatic carboxylic acids is 1. The van der Waals surface area contributed by atoms with Gasteiger partial charge in [0, 0.05) is 22.5 Å². The Bertz CT molecular complexity index is 1080. The molecule has 0 fully saturated rings. The molecule has 0 amide bonds. The van der Waals surface area contributed by atoms with Gasteiger partial charge in [0.05, 0.1) is 16.7 Å². The Balaban J connectivity index is 1.77. The van der Waals surface area contributed by atoms with Crippen LogP contribution in [0.5, 0.6) is 0 Å². The number of nitrogens with one attached hydrogen (secondary N) is 1. The molecule has 0 saturated heterocycles. The van der Waals surface area contributed by atoms with Crippen molar-refractivity contribution in [2.45, 2.75) is 0 Å². The monoisotopic (exact) mass is 340 g/mol. The predicted molar refractivity (Wildman–Crippen MR) is 106 cm³/mol. The van der Waals surface area contributed by atoms with Gasteiger partial charge in [-0.3, -0.25) is 0 Å². The SMILES string of the molecule is O=C(O)/C=C/c1ccc(Nc2c3ccccc3nc3ccccc23)cc1. The summed E-state index contributed by atoms with van der Waals surface area (Å²) in [7, 11) is 0. The highest BCUT2D eigenvalue weighted by atomic mass is 16.4. The summed E-state index contributed by atoms with van der Waals surface area (Å²) < 4.78 is 0. The molecule has 4 heteroatoms. The fraction of sp³-hybridized carbons (Fsp3) is 0. The van der Waals surface area contributed by atoms with Gasteiger partial charge in [-0.2, -0.15) is 0 Å². The second-order valence-corrected chi connectivity index (χ2v) is 5.94. The number of aromatic nitrogens is 1. The molecular weight excluding hydrogens is 324 g/mol. The van der Waals surface area contributed by atoms with Crippen LogP contribution in [-0.2, 0) is 4.79 Å². The molecule has 0 radical (unpaired) electrons. The number of benzene rings is 3. The van der Waals surface area contributed by atoms with Gasteiger partial charge in [-0.1, -0.05) is 48.5 Å². The third-order valence-electron chi connectivity index (χ3n) is 4.19. The van der Waals surface area contributed by atoms with E-state index in [4.69, 9.17) is 10.1 Å². The summed E-state index contributed by atoms with van der Waals surface area (Å²) in [5, 5.41) is 14.3. The lowest BCUT2D eigenvalue weighted by Gasteiger charge is -2.13. The van der Waals surface area contributed by atoms with E-state index in [1.165, 1.54) is 0 Å². The lowest BCUT2D eigenvalue weighted by atomic mass is 10.1. The number of rotatable bonds is 4. The third-order valence-corrected chi connectivity index (χ3v) is 4.19. The van der Waals surface area contributed by atoms with Gasteiger partial charge in [0.1, 0.15) is 0 Å². The number of nitrogens with zero attached hydrogens (tertiary/aromatic N) is 1. The Labute approximate surface area is 150 Å². The van der Waals surface area contributed by atoms with Gasteiger partial charge in [0.2, 0.25) is 0 Å². The van der Waals surface area contributed by atoms with Crippen LogP contribution in [0.15, 0.2) is 78.9 Å². The summed E-state index contributed by atoms with van der Waals surface area (Å²) in [4.78, 5) is 15.4. The van der Waals surface area contributed by atoms with Crippen molar-refractivity contribution in [3.8, 4) is 0 Å². The molecule has 4 rings (SSSR count). The maximum Gasteiger partial charge on any atom is 0.328 e. The first-order valence-corrected chi connectivity index (χ1v) is 8.26. The molecular formula is C22H16N2O2. The average Bonchev–Trinajstić information content (AvgIpc) is 2.67. The van der Waals surface area contributed by atoms with E-state index in [0.717, 1.165) is 44.8 Å². The summed E-state index contributed by atoms with van der Waals surface area (Å²) in [5.74, 6) is -0.957. The molecule has 0 unspecified atom stereocenters. The molecule has 0 atom stereocenters. The van der Waals surface area contributed by atoms with Crippen LogP contribution in [0.25, 0.3) is 27.9 Å². The maximum atomic E-state index is 10.6. The number of hydrogen-bond donors (Lipinski definition) is 2. The standard InChI is InChI=1S/C22H16N2O2/c25-21(26)14-11-15-9-12-16(13-10-15)23-22-17-5-1-3-7-19(17)24-20-8-4-2-6-18(20)22/h1-14H,(H,23,24)(H,25,26)/b14-11+. The van der Waals surface area contributed by atoms with E-state index in [9.17, 15) is 4.79 Å². The van der Waals surface area contributed by atoms with Crippen LogP contribution in [-0.4, -0.2) is 16.1 Å². The molecule has 2 N–H and O–H groups in total. The molecule has 1 heterocycles. The molecule has 0 aliphatic carbocycles. The van der Waals surface area contributed by atoms with E-state index < -0.39 is 5.97 Å². The number of pyridine rings is 1. The van der Waals surface area contributed by atoms with Crippen molar-refractivity contribution in [2.75, 3.05) is 5.32 Å². The van der Waals surface area contributed by atoms with Crippen molar-refractivity contribution in [2.24, 2.45) is 0 Å². The Morgan fingerprint density at radius 1 is 0.846 bits per heavy atom. The number of para-hydroxylation sites is 2. The molecule has 4 nitrogen and oxygen atoms in total. The molecule has 4 aromatic rings. The van der Waals surface area contributed by atoms with Gasteiger partial charge in [0.25, 0.3) is 0 Å². The Hall–Kier alpha value is -3.66. The summed E-state index contributed by atoms with van der Waals surface area (Å²) in [6.07, 6.45) is 2.70. The van der Waals surface area contributed by atoms with Crippen LogP contribution in [0.2, 0.25) is 0 Å². The topological polar surface area (TPSA) is 62.2 Å². The fourth-order valence-corrected chi connectivity index (χ4v) is 2.96. The highest BCUT2D eigenvalue weighted by Gasteiger charge is 2.08. The van der Waals surface area contributed by atoms with Gasteiger partial charge in [-0.15, -0.1) is 0 Å². The molecule has 3 aromatic carbocycles. The minimum absolute atomic E-state index is 0.836.